The number of carbonyl (C=O) groups excluding carboxylic acids is 1. The number of carbonyl (C=O) groups is 1. The monoisotopic (exact) mass is 351 g/mol. The molecule has 0 radical (unpaired) electrons. The smallest absolute Gasteiger partial charge is 0.251 e. The van der Waals surface area contributed by atoms with Gasteiger partial charge < -0.3 is 5.32 Å². The summed E-state index contributed by atoms with van der Waals surface area (Å²) in [7, 11) is 0. The summed E-state index contributed by atoms with van der Waals surface area (Å²) in [5.74, 6) is 0.637. The van der Waals surface area contributed by atoms with E-state index in [-0.39, 0.29) is 5.91 Å². The Morgan fingerprint density at radius 3 is 2.35 bits per heavy atom. The summed E-state index contributed by atoms with van der Waals surface area (Å²) in [6.45, 7) is 10.1. The first-order valence-corrected chi connectivity index (χ1v) is 9.50. The largest absolute Gasteiger partial charge is 0.352 e. The Morgan fingerprint density at radius 2 is 1.73 bits per heavy atom. The number of aryl methyl sites for hydroxylation is 3. The van der Waals surface area contributed by atoms with Gasteiger partial charge in [-0.2, -0.15) is 0 Å². The van der Waals surface area contributed by atoms with Crippen molar-refractivity contribution in [2.24, 2.45) is 5.92 Å². The van der Waals surface area contributed by atoms with Crippen LogP contribution >= 0.6 is 0 Å². The van der Waals surface area contributed by atoms with Gasteiger partial charge in [-0.25, -0.2) is 0 Å². The summed E-state index contributed by atoms with van der Waals surface area (Å²) < 4.78 is 0. The first kappa shape index (κ1) is 18.6. The molecule has 2 heterocycles. The van der Waals surface area contributed by atoms with Crippen molar-refractivity contribution in [3.63, 3.8) is 0 Å². The van der Waals surface area contributed by atoms with Gasteiger partial charge in [-0.05, 0) is 81.4 Å². The van der Waals surface area contributed by atoms with Crippen molar-refractivity contribution < 1.29 is 4.79 Å². The molecule has 4 nitrogen and oxygen atoms in total. The molecule has 0 unspecified atom stereocenters. The van der Waals surface area contributed by atoms with Gasteiger partial charge in [0.05, 0.1) is 0 Å². The lowest BCUT2D eigenvalue weighted by Gasteiger charge is -2.32. The molecule has 1 aromatic heterocycles. The fraction of sp³-hybridized carbons (Fsp3) is 0.455. The molecule has 1 N–H and O–H groups in total. The lowest BCUT2D eigenvalue weighted by Crippen LogP contribution is -2.38. The van der Waals surface area contributed by atoms with Crippen molar-refractivity contribution in [1.82, 2.24) is 15.2 Å². The van der Waals surface area contributed by atoms with Crippen LogP contribution in [0.3, 0.4) is 0 Å². The van der Waals surface area contributed by atoms with Gasteiger partial charge in [-0.15, -0.1) is 0 Å². The molecule has 26 heavy (non-hydrogen) atoms. The van der Waals surface area contributed by atoms with Gasteiger partial charge in [0.25, 0.3) is 5.91 Å². The molecular weight excluding hydrogens is 322 g/mol. The molecule has 2 aromatic rings. The second-order valence-corrected chi connectivity index (χ2v) is 7.56. The first-order valence-electron chi connectivity index (χ1n) is 9.50. The molecule has 1 fully saturated rings. The van der Waals surface area contributed by atoms with Crippen LogP contribution in [0.2, 0.25) is 0 Å². The summed E-state index contributed by atoms with van der Waals surface area (Å²) in [4.78, 5) is 19.2. The number of pyridine rings is 1. The van der Waals surface area contributed by atoms with Gasteiger partial charge >= 0.3 is 0 Å². The zero-order valence-electron chi connectivity index (χ0n) is 16.1. The standard InChI is InChI=1S/C22H29N3O/c1-16-12-17(2)21(18(3)13-16)22(26)24-14-19-6-10-25(11-7-19)15-20-4-8-23-9-5-20/h4-5,8-9,12-13,19H,6-7,10-11,14-15H2,1-3H3,(H,24,26). The van der Waals surface area contributed by atoms with E-state index < -0.39 is 0 Å². The van der Waals surface area contributed by atoms with Crippen LogP contribution in [0, 0.1) is 26.7 Å². The quantitative estimate of drug-likeness (QED) is 0.894. The van der Waals surface area contributed by atoms with Gasteiger partial charge in [-0.3, -0.25) is 14.7 Å². The minimum Gasteiger partial charge on any atom is -0.352 e. The van der Waals surface area contributed by atoms with Crippen LogP contribution < -0.4 is 5.32 Å². The number of hydrogen-bond acceptors (Lipinski definition) is 3. The van der Waals surface area contributed by atoms with E-state index in [0.717, 1.165) is 55.7 Å². The molecular formula is C22H29N3O. The zero-order valence-corrected chi connectivity index (χ0v) is 16.1. The fourth-order valence-electron chi connectivity index (χ4n) is 3.96. The lowest BCUT2D eigenvalue weighted by atomic mass is 9.95. The van der Waals surface area contributed by atoms with Crippen molar-refractivity contribution in [3.8, 4) is 0 Å². The van der Waals surface area contributed by atoms with Crippen molar-refractivity contribution >= 4 is 5.91 Å². The van der Waals surface area contributed by atoms with E-state index in [1.165, 1.54) is 11.1 Å². The summed E-state index contributed by atoms with van der Waals surface area (Å²) in [5.41, 5.74) is 5.49. The highest BCUT2D eigenvalue weighted by molar-refractivity contribution is 5.97. The van der Waals surface area contributed by atoms with Crippen molar-refractivity contribution in [2.75, 3.05) is 19.6 Å². The SMILES string of the molecule is Cc1cc(C)c(C(=O)NCC2CCN(Cc3ccncc3)CC2)c(C)c1. The van der Waals surface area contributed by atoms with Crippen molar-refractivity contribution in [3.05, 3.63) is 64.5 Å². The summed E-state index contributed by atoms with van der Waals surface area (Å²) >= 11 is 0. The molecule has 1 aliphatic rings. The third kappa shape index (κ3) is 4.70. The maximum Gasteiger partial charge on any atom is 0.251 e. The van der Waals surface area contributed by atoms with Gasteiger partial charge in [0, 0.05) is 31.0 Å². The van der Waals surface area contributed by atoms with Gasteiger partial charge in [0.2, 0.25) is 0 Å². The predicted molar refractivity (Wildman–Crippen MR) is 105 cm³/mol. The topological polar surface area (TPSA) is 45.2 Å². The fourth-order valence-corrected chi connectivity index (χ4v) is 3.96. The first-order chi connectivity index (χ1) is 12.5. The molecule has 0 saturated carbocycles. The number of likely N-dealkylation sites (tertiary alicyclic amines) is 1. The Morgan fingerprint density at radius 1 is 1.12 bits per heavy atom. The Hall–Kier alpha value is -2.20. The summed E-state index contributed by atoms with van der Waals surface area (Å²) in [6.07, 6.45) is 5.98. The number of aromatic nitrogens is 1. The Labute approximate surface area is 156 Å². The second-order valence-electron chi connectivity index (χ2n) is 7.56. The highest BCUT2D eigenvalue weighted by Gasteiger charge is 2.21. The van der Waals surface area contributed by atoms with Crippen LogP contribution in [0.5, 0.6) is 0 Å². The maximum absolute atomic E-state index is 12.6. The highest BCUT2D eigenvalue weighted by atomic mass is 16.1. The number of rotatable bonds is 5. The Kier molecular flexibility index (Phi) is 6.04. The van der Waals surface area contributed by atoms with Crippen LogP contribution in [0.4, 0.5) is 0 Å². The number of nitrogens with zero attached hydrogens (tertiary/aromatic N) is 2. The lowest BCUT2D eigenvalue weighted by molar-refractivity contribution is 0.0934. The second kappa shape index (κ2) is 8.45. The molecule has 1 saturated heterocycles. The number of amides is 1. The Bertz CT molecular complexity index is 726. The number of benzene rings is 1. The summed E-state index contributed by atoms with van der Waals surface area (Å²) in [5, 5.41) is 3.17. The van der Waals surface area contributed by atoms with Gasteiger partial charge in [0.1, 0.15) is 0 Å². The molecule has 0 aliphatic carbocycles. The highest BCUT2D eigenvalue weighted by Crippen LogP contribution is 2.20. The van der Waals surface area contributed by atoms with Gasteiger partial charge in [0.15, 0.2) is 0 Å². The molecule has 4 heteroatoms. The molecule has 3 rings (SSSR count). The van der Waals surface area contributed by atoms with E-state index in [1.54, 1.807) is 0 Å². The van der Waals surface area contributed by atoms with E-state index in [0.29, 0.717) is 5.92 Å². The third-order valence-electron chi connectivity index (χ3n) is 5.32. The molecule has 1 aliphatic heterocycles. The molecule has 1 amide bonds. The molecule has 1 aromatic carbocycles. The van der Waals surface area contributed by atoms with Crippen molar-refractivity contribution in [1.29, 1.82) is 0 Å². The van der Waals surface area contributed by atoms with E-state index >= 15 is 0 Å². The van der Waals surface area contributed by atoms with Crippen LogP contribution in [0.15, 0.2) is 36.7 Å². The average molecular weight is 351 g/mol. The van der Waals surface area contributed by atoms with Crippen LogP contribution in [-0.2, 0) is 6.54 Å². The number of hydrogen-bond donors (Lipinski definition) is 1. The molecule has 0 spiro atoms. The minimum absolute atomic E-state index is 0.0687. The maximum atomic E-state index is 12.6. The van der Waals surface area contributed by atoms with Gasteiger partial charge in [-0.1, -0.05) is 17.7 Å². The van der Waals surface area contributed by atoms with E-state index in [4.69, 9.17) is 0 Å². The van der Waals surface area contributed by atoms with E-state index in [2.05, 4.69) is 46.4 Å². The number of piperidine rings is 1. The van der Waals surface area contributed by atoms with Crippen molar-refractivity contribution in [2.45, 2.75) is 40.2 Å². The minimum atomic E-state index is 0.0687. The van der Waals surface area contributed by atoms with Crippen LogP contribution in [0.25, 0.3) is 0 Å². The van der Waals surface area contributed by atoms with E-state index in [9.17, 15) is 4.79 Å². The Balaban J connectivity index is 1.47. The average Bonchev–Trinajstić information content (AvgIpc) is 2.61. The zero-order chi connectivity index (χ0) is 18.5. The molecule has 0 atom stereocenters. The van der Waals surface area contributed by atoms with Crippen LogP contribution in [0.1, 0.15) is 45.5 Å². The molecule has 138 valence electrons. The van der Waals surface area contributed by atoms with E-state index in [1.807, 2.05) is 26.2 Å². The molecule has 0 bridgehead atoms. The summed E-state index contributed by atoms with van der Waals surface area (Å²) in [6, 6.07) is 8.33. The van der Waals surface area contributed by atoms with Crippen LogP contribution in [-0.4, -0.2) is 35.4 Å². The normalized spacial score (nSPS) is 15.8. The predicted octanol–water partition coefficient (Wildman–Crippen LogP) is 3.65. The number of nitrogens with one attached hydrogen (secondary N) is 1. The third-order valence-corrected chi connectivity index (χ3v) is 5.32.